The first-order valence-corrected chi connectivity index (χ1v) is 4.59. The maximum absolute atomic E-state index is 11.3. The normalized spacial score (nSPS) is 15.5. The zero-order valence-electron chi connectivity index (χ0n) is 8.76. The Balaban J connectivity index is 4.45. The molecule has 0 aromatic carbocycles. The van der Waals surface area contributed by atoms with Crippen molar-refractivity contribution in [2.45, 2.75) is 46.1 Å². The lowest BCUT2D eigenvalue weighted by Crippen LogP contribution is -2.39. The van der Waals surface area contributed by atoms with E-state index < -0.39 is 5.60 Å². The summed E-state index contributed by atoms with van der Waals surface area (Å²) in [6.45, 7) is 6.54. The fraction of sp³-hybridized carbons (Fsp3) is 0.800. The van der Waals surface area contributed by atoms with Crippen molar-refractivity contribution in [3.8, 4) is 0 Å². The van der Waals surface area contributed by atoms with Crippen LogP contribution in [0.25, 0.3) is 0 Å². The third-order valence-electron chi connectivity index (χ3n) is 2.35. The van der Waals surface area contributed by atoms with Crippen molar-refractivity contribution in [1.82, 2.24) is 0 Å². The molecule has 0 amide bonds. The van der Waals surface area contributed by atoms with Crippen molar-refractivity contribution < 1.29 is 14.7 Å². The van der Waals surface area contributed by atoms with Crippen molar-refractivity contribution in [3.05, 3.63) is 0 Å². The highest BCUT2D eigenvalue weighted by atomic mass is 16.3. The zero-order valence-corrected chi connectivity index (χ0v) is 8.76. The van der Waals surface area contributed by atoms with Crippen molar-refractivity contribution in [2.75, 3.05) is 0 Å². The molecule has 0 fully saturated rings. The van der Waals surface area contributed by atoms with Crippen LogP contribution in [-0.4, -0.2) is 22.3 Å². The van der Waals surface area contributed by atoms with E-state index >= 15 is 0 Å². The van der Waals surface area contributed by atoms with Gasteiger partial charge in [-0.3, -0.25) is 9.59 Å². The van der Waals surface area contributed by atoms with Crippen LogP contribution in [-0.2, 0) is 9.59 Å². The number of hydrogen-bond donors (Lipinski definition) is 1. The molecule has 3 heteroatoms. The number of Topliss-reactive ketones (excluding diaryl/α,β-unsaturated/α-hetero) is 2. The number of rotatable bonds is 5. The molecule has 0 saturated heterocycles. The highest BCUT2D eigenvalue weighted by Crippen LogP contribution is 2.18. The van der Waals surface area contributed by atoms with Gasteiger partial charge >= 0.3 is 0 Å². The van der Waals surface area contributed by atoms with Crippen LogP contribution >= 0.6 is 0 Å². The average molecular weight is 186 g/mol. The van der Waals surface area contributed by atoms with Crippen LogP contribution in [0.3, 0.4) is 0 Å². The van der Waals surface area contributed by atoms with E-state index in [0.29, 0.717) is 6.42 Å². The molecule has 0 aromatic rings. The van der Waals surface area contributed by atoms with Gasteiger partial charge < -0.3 is 5.11 Å². The number of ketones is 2. The topological polar surface area (TPSA) is 54.4 Å². The van der Waals surface area contributed by atoms with Crippen molar-refractivity contribution in [2.24, 2.45) is 5.92 Å². The third-order valence-corrected chi connectivity index (χ3v) is 2.35. The van der Waals surface area contributed by atoms with Crippen LogP contribution in [0.5, 0.6) is 0 Å². The summed E-state index contributed by atoms with van der Waals surface area (Å²) < 4.78 is 0. The van der Waals surface area contributed by atoms with Gasteiger partial charge in [0.15, 0.2) is 5.78 Å². The molecule has 0 heterocycles. The predicted octanol–water partition coefficient (Wildman–Crippen LogP) is 1.33. The van der Waals surface area contributed by atoms with Gasteiger partial charge in [0.1, 0.15) is 11.4 Å². The van der Waals surface area contributed by atoms with E-state index in [2.05, 4.69) is 0 Å². The Morgan fingerprint density at radius 2 is 1.85 bits per heavy atom. The maximum atomic E-state index is 11.3. The van der Waals surface area contributed by atoms with Gasteiger partial charge in [-0.15, -0.1) is 0 Å². The van der Waals surface area contributed by atoms with Crippen LogP contribution in [0.2, 0.25) is 0 Å². The van der Waals surface area contributed by atoms with Crippen LogP contribution in [0.15, 0.2) is 0 Å². The van der Waals surface area contributed by atoms with Gasteiger partial charge in [0, 0.05) is 12.3 Å². The Kier molecular flexibility index (Phi) is 4.27. The smallest absolute Gasteiger partial charge is 0.161 e. The maximum Gasteiger partial charge on any atom is 0.161 e. The number of carbonyl (C=O) groups excluding carboxylic acids is 2. The van der Waals surface area contributed by atoms with Crippen LogP contribution in [0.4, 0.5) is 0 Å². The quantitative estimate of drug-likeness (QED) is 0.704. The molecule has 3 nitrogen and oxygen atoms in total. The molecule has 0 radical (unpaired) electrons. The molecule has 0 saturated carbocycles. The van der Waals surface area contributed by atoms with E-state index in [1.54, 1.807) is 20.8 Å². The molecule has 0 bridgehead atoms. The van der Waals surface area contributed by atoms with Gasteiger partial charge in [0.2, 0.25) is 0 Å². The summed E-state index contributed by atoms with van der Waals surface area (Å²) in [6, 6.07) is 0. The van der Waals surface area contributed by atoms with Gasteiger partial charge in [-0.25, -0.2) is 0 Å². The molecule has 0 spiro atoms. The van der Waals surface area contributed by atoms with Crippen LogP contribution < -0.4 is 0 Å². The lowest BCUT2D eigenvalue weighted by Gasteiger charge is -2.23. The molecular weight excluding hydrogens is 168 g/mol. The Morgan fingerprint density at radius 3 is 2.08 bits per heavy atom. The highest BCUT2D eigenvalue weighted by molar-refractivity contribution is 5.92. The van der Waals surface area contributed by atoms with Crippen molar-refractivity contribution in [3.63, 3.8) is 0 Å². The fourth-order valence-corrected chi connectivity index (χ4v) is 0.991. The Bertz CT molecular complexity index is 208. The van der Waals surface area contributed by atoms with Gasteiger partial charge in [-0.1, -0.05) is 20.8 Å². The molecule has 0 aliphatic heterocycles. The monoisotopic (exact) mass is 186 g/mol. The second-order valence-corrected chi connectivity index (χ2v) is 3.74. The number of hydrogen-bond acceptors (Lipinski definition) is 3. The molecule has 1 atom stereocenters. The number of carbonyl (C=O) groups is 2. The summed E-state index contributed by atoms with van der Waals surface area (Å²) in [7, 11) is 0. The van der Waals surface area contributed by atoms with Gasteiger partial charge in [-0.05, 0) is 13.3 Å². The van der Waals surface area contributed by atoms with E-state index in [-0.39, 0.29) is 23.9 Å². The molecule has 0 rings (SSSR count). The Labute approximate surface area is 79.1 Å². The first-order chi connectivity index (χ1) is 5.83. The van der Waals surface area contributed by atoms with E-state index in [0.717, 1.165) is 0 Å². The summed E-state index contributed by atoms with van der Waals surface area (Å²) in [4.78, 5) is 22.4. The molecule has 0 unspecified atom stereocenters. The molecule has 1 N–H and O–H groups in total. The Morgan fingerprint density at radius 1 is 1.38 bits per heavy atom. The van der Waals surface area contributed by atoms with Gasteiger partial charge in [0.25, 0.3) is 0 Å². The number of aliphatic hydroxyl groups is 1. The summed E-state index contributed by atoms with van der Waals surface area (Å²) in [5, 5.41) is 9.75. The lowest BCUT2D eigenvalue weighted by molar-refractivity contribution is -0.142. The molecular formula is C10H18O3. The first-order valence-electron chi connectivity index (χ1n) is 4.59. The van der Waals surface area contributed by atoms with E-state index in [1.807, 2.05) is 0 Å². The van der Waals surface area contributed by atoms with Crippen molar-refractivity contribution >= 4 is 11.6 Å². The second-order valence-electron chi connectivity index (χ2n) is 3.74. The lowest BCUT2D eigenvalue weighted by atomic mass is 9.87. The summed E-state index contributed by atoms with van der Waals surface area (Å²) in [5.41, 5.74) is -1.44. The van der Waals surface area contributed by atoms with E-state index in [9.17, 15) is 14.7 Å². The van der Waals surface area contributed by atoms with Crippen LogP contribution in [0, 0.1) is 5.92 Å². The van der Waals surface area contributed by atoms with Crippen molar-refractivity contribution in [1.29, 1.82) is 0 Å². The third kappa shape index (κ3) is 3.27. The first kappa shape index (κ1) is 12.3. The SMILES string of the molecule is CC[C@](O)(CC(=O)C(C)C)C(C)=O. The summed E-state index contributed by atoms with van der Waals surface area (Å²) in [6.07, 6.45) is 0.233. The predicted molar refractivity (Wildman–Crippen MR) is 50.4 cm³/mol. The Hall–Kier alpha value is -0.700. The molecule has 13 heavy (non-hydrogen) atoms. The standard InChI is InChI=1S/C10H18O3/c1-5-10(13,8(4)11)6-9(12)7(2)3/h7,13H,5-6H2,1-4H3/t10-/m0/s1. The van der Waals surface area contributed by atoms with E-state index in [4.69, 9.17) is 0 Å². The minimum Gasteiger partial charge on any atom is -0.382 e. The second kappa shape index (κ2) is 4.51. The van der Waals surface area contributed by atoms with E-state index in [1.165, 1.54) is 6.92 Å². The minimum atomic E-state index is -1.44. The zero-order chi connectivity index (χ0) is 10.6. The molecule has 0 aromatic heterocycles. The molecule has 0 aliphatic carbocycles. The fourth-order valence-electron chi connectivity index (χ4n) is 0.991. The van der Waals surface area contributed by atoms with Gasteiger partial charge in [-0.2, -0.15) is 0 Å². The summed E-state index contributed by atoms with van der Waals surface area (Å²) >= 11 is 0. The molecule has 76 valence electrons. The van der Waals surface area contributed by atoms with Crippen LogP contribution in [0.1, 0.15) is 40.5 Å². The average Bonchev–Trinajstić information content (AvgIpc) is 2.03. The minimum absolute atomic E-state index is 0.0590. The largest absolute Gasteiger partial charge is 0.382 e. The highest BCUT2D eigenvalue weighted by Gasteiger charge is 2.33. The molecule has 0 aliphatic rings. The van der Waals surface area contributed by atoms with Gasteiger partial charge in [0.05, 0.1) is 0 Å². The summed E-state index contributed by atoms with van der Waals surface area (Å²) in [5.74, 6) is -0.527.